The molecule has 0 aliphatic carbocycles. The number of hydrogen-bond donors (Lipinski definition) is 3. The van der Waals surface area contributed by atoms with E-state index in [4.69, 9.17) is 22.1 Å². The van der Waals surface area contributed by atoms with Crippen LogP contribution in [0.4, 0.5) is 28.8 Å². The zero-order valence-corrected chi connectivity index (χ0v) is 22.3. The van der Waals surface area contributed by atoms with Crippen LogP contribution in [0.5, 0.6) is 5.75 Å². The van der Waals surface area contributed by atoms with E-state index >= 15 is 0 Å². The molecule has 11 heteroatoms. The average molecular weight is 536 g/mol. The van der Waals surface area contributed by atoms with Crippen molar-refractivity contribution in [2.45, 2.75) is 26.3 Å². The second-order valence-corrected chi connectivity index (χ2v) is 10.4. The number of anilines is 5. The van der Waals surface area contributed by atoms with Crippen molar-refractivity contribution in [3.05, 3.63) is 58.7 Å². The Bertz CT molecular complexity index is 1420. The Labute approximate surface area is 226 Å². The van der Waals surface area contributed by atoms with E-state index in [1.54, 1.807) is 19.1 Å². The number of methoxy groups -OCH3 is 1. The number of nitrogens with two attached hydrogens (primary N) is 1. The minimum Gasteiger partial charge on any atom is -0.494 e. The molecule has 10 nitrogen and oxygen atoms in total. The van der Waals surface area contributed by atoms with Crippen LogP contribution in [-0.4, -0.2) is 53.9 Å². The number of rotatable bonds is 7. The highest BCUT2D eigenvalue weighted by Gasteiger charge is 2.36. The van der Waals surface area contributed by atoms with E-state index in [2.05, 4.69) is 25.5 Å². The molecule has 0 bridgehead atoms. The van der Waals surface area contributed by atoms with E-state index in [9.17, 15) is 9.59 Å². The Kier molecular flexibility index (Phi) is 6.75. The standard InChI is InChI=1S/C27H30ClN7O3/c1-27(25(29)37)10-5-11-35(15-27)17-8-9-19(21(12-17)38-3)32-26-30-13-18(28)23(33-26)31-20-7-4-6-16-14-34(2)24(36)22(16)20/h4,6-9,12-13H,5,10-11,14-15H2,1-3H3,(H2,29,37)(H2,30,31,32,33). The fourth-order valence-corrected chi connectivity index (χ4v) is 5.15. The number of halogens is 1. The van der Waals surface area contributed by atoms with E-state index in [0.29, 0.717) is 52.6 Å². The fourth-order valence-electron chi connectivity index (χ4n) is 5.01. The second-order valence-electron chi connectivity index (χ2n) is 9.98. The zero-order chi connectivity index (χ0) is 27.0. The van der Waals surface area contributed by atoms with Gasteiger partial charge in [0, 0.05) is 38.4 Å². The molecule has 1 aromatic heterocycles. The van der Waals surface area contributed by atoms with Gasteiger partial charge in [0.25, 0.3) is 5.91 Å². The Hall–Kier alpha value is -4.05. The molecule has 5 rings (SSSR count). The summed E-state index contributed by atoms with van der Waals surface area (Å²) < 4.78 is 5.65. The molecule has 1 unspecified atom stereocenters. The number of fused-ring (bicyclic) bond motifs is 1. The number of hydrogen-bond acceptors (Lipinski definition) is 8. The lowest BCUT2D eigenvalue weighted by Gasteiger charge is -2.39. The SMILES string of the molecule is COc1cc(N2CCCC(C)(C(N)=O)C2)ccc1Nc1ncc(Cl)c(Nc2cccc3c2C(=O)N(C)C3)n1. The number of aromatic nitrogens is 2. The molecule has 1 saturated heterocycles. The van der Waals surface area contributed by atoms with Crippen LogP contribution in [0.3, 0.4) is 0 Å². The normalized spacial score (nSPS) is 18.8. The topological polar surface area (TPSA) is 126 Å². The van der Waals surface area contributed by atoms with Gasteiger partial charge in [-0.25, -0.2) is 4.98 Å². The van der Waals surface area contributed by atoms with Gasteiger partial charge in [0.2, 0.25) is 11.9 Å². The second kappa shape index (κ2) is 10.0. The van der Waals surface area contributed by atoms with Crippen molar-refractivity contribution in [1.29, 1.82) is 0 Å². The molecular weight excluding hydrogens is 506 g/mol. The third kappa shape index (κ3) is 4.79. The fraction of sp³-hybridized carbons (Fsp3) is 0.333. The summed E-state index contributed by atoms with van der Waals surface area (Å²) in [6, 6.07) is 11.4. The third-order valence-electron chi connectivity index (χ3n) is 7.20. The molecule has 2 aliphatic heterocycles. The van der Waals surface area contributed by atoms with Crippen LogP contribution in [0.1, 0.15) is 35.7 Å². The van der Waals surface area contributed by atoms with Crippen molar-refractivity contribution in [2.24, 2.45) is 11.1 Å². The summed E-state index contributed by atoms with van der Waals surface area (Å²) in [7, 11) is 3.36. The summed E-state index contributed by atoms with van der Waals surface area (Å²) in [6.07, 6.45) is 3.15. The highest BCUT2D eigenvalue weighted by atomic mass is 35.5. The third-order valence-corrected chi connectivity index (χ3v) is 7.48. The van der Waals surface area contributed by atoms with Crippen LogP contribution in [-0.2, 0) is 11.3 Å². The first kappa shape index (κ1) is 25.6. The minimum atomic E-state index is -0.568. The number of carbonyl (C=O) groups is 2. The molecule has 3 aromatic rings. The first-order chi connectivity index (χ1) is 18.2. The summed E-state index contributed by atoms with van der Waals surface area (Å²) in [5.41, 5.74) is 8.90. The van der Waals surface area contributed by atoms with Crippen molar-refractivity contribution >= 4 is 52.2 Å². The van der Waals surface area contributed by atoms with Gasteiger partial charge in [0.15, 0.2) is 5.82 Å². The lowest BCUT2D eigenvalue weighted by molar-refractivity contribution is -0.127. The van der Waals surface area contributed by atoms with Crippen LogP contribution < -0.4 is 26.0 Å². The van der Waals surface area contributed by atoms with Gasteiger partial charge in [-0.3, -0.25) is 9.59 Å². The van der Waals surface area contributed by atoms with Crippen LogP contribution in [0.15, 0.2) is 42.6 Å². The maximum atomic E-state index is 12.6. The molecule has 0 saturated carbocycles. The Balaban J connectivity index is 1.38. The van der Waals surface area contributed by atoms with Gasteiger partial charge < -0.3 is 30.9 Å². The highest BCUT2D eigenvalue weighted by Crippen LogP contribution is 2.37. The van der Waals surface area contributed by atoms with Crippen molar-refractivity contribution in [3.63, 3.8) is 0 Å². The van der Waals surface area contributed by atoms with Gasteiger partial charge in [0.05, 0.1) is 35.7 Å². The molecule has 0 spiro atoms. The van der Waals surface area contributed by atoms with E-state index in [-0.39, 0.29) is 11.8 Å². The number of primary amides is 1. The van der Waals surface area contributed by atoms with Crippen LogP contribution >= 0.6 is 11.6 Å². The number of amides is 2. The van der Waals surface area contributed by atoms with E-state index < -0.39 is 5.41 Å². The molecule has 198 valence electrons. The number of benzene rings is 2. The summed E-state index contributed by atoms with van der Waals surface area (Å²) in [5, 5.41) is 6.71. The maximum Gasteiger partial charge on any atom is 0.256 e. The number of nitrogens with zero attached hydrogens (tertiary/aromatic N) is 4. The Morgan fingerprint density at radius 1 is 1.21 bits per heavy atom. The Morgan fingerprint density at radius 2 is 2.03 bits per heavy atom. The monoisotopic (exact) mass is 535 g/mol. The first-order valence-corrected chi connectivity index (χ1v) is 12.7. The van der Waals surface area contributed by atoms with Gasteiger partial charge in [-0.1, -0.05) is 23.7 Å². The van der Waals surface area contributed by atoms with Gasteiger partial charge in [-0.2, -0.15) is 4.98 Å². The zero-order valence-electron chi connectivity index (χ0n) is 21.5. The molecule has 1 fully saturated rings. The first-order valence-electron chi connectivity index (χ1n) is 12.4. The molecule has 0 radical (unpaired) electrons. The lowest BCUT2D eigenvalue weighted by atomic mass is 9.81. The molecule has 3 heterocycles. The molecule has 2 aromatic carbocycles. The predicted octanol–water partition coefficient (Wildman–Crippen LogP) is 4.30. The summed E-state index contributed by atoms with van der Waals surface area (Å²) >= 11 is 6.40. The number of ether oxygens (including phenoxy) is 1. The van der Waals surface area contributed by atoms with E-state index in [1.807, 2.05) is 43.3 Å². The molecular formula is C27H30ClN7O3. The van der Waals surface area contributed by atoms with Crippen LogP contribution in [0.25, 0.3) is 0 Å². The van der Waals surface area contributed by atoms with Crippen molar-refractivity contribution in [1.82, 2.24) is 14.9 Å². The predicted molar refractivity (Wildman–Crippen MR) is 148 cm³/mol. The Morgan fingerprint density at radius 3 is 2.79 bits per heavy atom. The smallest absolute Gasteiger partial charge is 0.256 e. The molecule has 1 atom stereocenters. The maximum absolute atomic E-state index is 12.6. The van der Waals surface area contributed by atoms with Crippen molar-refractivity contribution < 1.29 is 14.3 Å². The lowest BCUT2D eigenvalue weighted by Crippen LogP contribution is -2.48. The molecule has 2 amide bonds. The van der Waals surface area contributed by atoms with Crippen LogP contribution in [0.2, 0.25) is 5.02 Å². The number of carbonyl (C=O) groups excluding carboxylic acids is 2. The summed E-state index contributed by atoms with van der Waals surface area (Å²) in [4.78, 5) is 37.3. The van der Waals surface area contributed by atoms with Crippen molar-refractivity contribution in [2.75, 3.05) is 42.8 Å². The molecule has 38 heavy (non-hydrogen) atoms. The van der Waals surface area contributed by atoms with Gasteiger partial charge in [0.1, 0.15) is 10.8 Å². The molecule has 2 aliphatic rings. The molecule has 4 N–H and O–H groups in total. The summed E-state index contributed by atoms with van der Waals surface area (Å²) in [6.45, 7) is 3.85. The average Bonchev–Trinajstić information content (AvgIpc) is 3.20. The highest BCUT2D eigenvalue weighted by molar-refractivity contribution is 6.33. The quantitative estimate of drug-likeness (QED) is 0.409. The largest absolute Gasteiger partial charge is 0.494 e. The van der Waals surface area contributed by atoms with Crippen molar-refractivity contribution in [3.8, 4) is 5.75 Å². The van der Waals surface area contributed by atoms with Gasteiger partial charge in [-0.05, 0) is 43.5 Å². The van der Waals surface area contributed by atoms with Gasteiger partial charge >= 0.3 is 0 Å². The van der Waals surface area contributed by atoms with Gasteiger partial charge in [-0.15, -0.1) is 0 Å². The minimum absolute atomic E-state index is 0.0544. The summed E-state index contributed by atoms with van der Waals surface area (Å²) in [5.74, 6) is 0.930. The van der Waals surface area contributed by atoms with E-state index in [1.165, 1.54) is 6.20 Å². The number of nitrogens with one attached hydrogen (secondary N) is 2. The number of piperidine rings is 1. The van der Waals surface area contributed by atoms with Crippen LogP contribution in [0, 0.1) is 5.41 Å². The van der Waals surface area contributed by atoms with E-state index in [0.717, 1.165) is 30.6 Å².